The van der Waals surface area contributed by atoms with E-state index in [1.54, 1.807) is 12.1 Å². The van der Waals surface area contributed by atoms with E-state index in [2.05, 4.69) is 23.7 Å². The van der Waals surface area contributed by atoms with Crippen LogP contribution >= 0.6 is 0 Å². The Labute approximate surface area is 120 Å². The van der Waals surface area contributed by atoms with E-state index in [9.17, 15) is 5.11 Å². The molecule has 0 saturated carbocycles. The SMILES string of the molecule is CCN(CC#Cc1ccccc1)Cc1cccc(O)c1. The molecule has 0 heterocycles. The smallest absolute Gasteiger partial charge is 0.115 e. The van der Waals surface area contributed by atoms with Crippen molar-refractivity contribution in [2.75, 3.05) is 13.1 Å². The number of benzene rings is 2. The molecule has 1 N–H and O–H groups in total. The summed E-state index contributed by atoms with van der Waals surface area (Å²) in [7, 11) is 0. The number of hydrogen-bond acceptors (Lipinski definition) is 2. The fourth-order valence-corrected chi connectivity index (χ4v) is 1.97. The summed E-state index contributed by atoms with van der Waals surface area (Å²) < 4.78 is 0. The molecule has 0 aliphatic rings. The summed E-state index contributed by atoms with van der Waals surface area (Å²) in [6.07, 6.45) is 0. The number of aromatic hydroxyl groups is 1. The molecule has 0 aliphatic heterocycles. The molecule has 0 aliphatic carbocycles. The zero-order chi connectivity index (χ0) is 14.2. The fraction of sp³-hybridized carbons (Fsp3) is 0.222. The molecule has 2 nitrogen and oxygen atoms in total. The summed E-state index contributed by atoms with van der Waals surface area (Å²) in [5.74, 6) is 6.68. The monoisotopic (exact) mass is 265 g/mol. The lowest BCUT2D eigenvalue weighted by Gasteiger charge is -2.17. The van der Waals surface area contributed by atoms with E-state index in [4.69, 9.17) is 0 Å². The largest absolute Gasteiger partial charge is 0.508 e. The highest BCUT2D eigenvalue weighted by molar-refractivity contribution is 5.34. The quantitative estimate of drug-likeness (QED) is 0.858. The summed E-state index contributed by atoms with van der Waals surface area (Å²) >= 11 is 0. The Balaban J connectivity index is 1.95. The molecule has 0 saturated heterocycles. The molecule has 0 aromatic heterocycles. The van der Waals surface area contributed by atoms with E-state index in [1.807, 2.05) is 42.5 Å². The minimum atomic E-state index is 0.314. The van der Waals surface area contributed by atoms with Crippen LogP contribution in [0.2, 0.25) is 0 Å². The first kappa shape index (κ1) is 14.2. The summed E-state index contributed by atoms with van der Waals surface area (Å²) in [6, 6.07) is 17.4. The van der Waals surface area contributed by atoms with Crippen molar-refractivity contribution in [1.82, 2.24) is 4.90 Å². The molecule has 20 heavy (non-hydrogen) atoms. The second kappa shape index (κ2) is 7.37. The molecule has 0 atom stereocenters. The first-order chi connectivity index (χ1) is 9.78. The highest BCUT2D eigenvalue weighted by Gasteiger charge is 2.02. The maximum absolute atomic E-state index is 9.48. The lowest BCUT2D eigenvalue weighted by Crippen LogP contribution is -2.23. The predicted molar refractivity (Wildman–Crippen MR) is 82.4 cm³/mol. The number of phenols is 1. The van der Waals surface area contributed by atoms with Gasteiger partial charge >= 0.3 is 0 Å². The number of phenolic OH excluding ortho intramolecular Hbond substituents is 1. The molecule has 102 valence electrons. The lowest BCUT2D eigenvalue weighted by atomic mass is 10.2. The first-order valence-corrected chi connectivity index (χ1v) is 6.82. The van der Waals surface area contributed by atoms with E-state index in [0.717, 1.165) is 30.8 Å². The third kappa shape index (κ3) is 4.46. The Morgan fingerprint density at radius 1 is 1.05 bits per heavy atom. The van der Waals surface area contributed by atoms with Gasteiger partial charge in [0, 0.05) is 12.1 Å². The van der Waals surface area contributed by atoms with Crippen LogP contribution in [0.1, 0.15) is 18.1 Å². The van der Waals surface area contributed by atoms with Crippen molar-refractivity contribution in [1.29, 1.82) is 0 Å². The van der Waals surface area contributed by atoms with E-state index < -0.39 is 0 Å². The minimum Gasteiger partial charge on any atom is -0.508 e. The van der Waals surface area contributed by atoms with Crippen LogP contribution in [0, 0.1) is 11.8 Å². The van der Waals surface area contributed by atoms with E-state index in [1.165, 1.54) is 0 Å². The van der Waals surface area contributed by atoms with Gasteiger partial charge in [-0.15, -0.1) is 0 Å². The van der Waals surface area contributed by atoms with Gasteiger partial charge in [0.25, 0.3) is 0 Å². The highest BCUT2D eigenvalue weighted by atomic mass is 16.3. The highest BCUT2D eigenvalue weighted by Crippen LogP contribution is 2.12. The summed E-state index contributed by atoms with van der Waals surface area (Å²) in [6.45, 7) is 4.57. The van der Waals surface area contributed by atoms with Gasteiger partial charge in [-0.25, -0.2) is 0 Å². The van der Waals surface area contributed by atoms with Crippen molar-refractivity contribution in [2.45, 2.75) is 13.5 Å². The van der Waals surface area contributed by atoms with Crippen LogP contribution in [0.15, 0.2) is 54.6 Å². The molecule has 0 spiro atoms. The molecule has 0 radical (unpaired) electrons. The lowest BCUT2D eigenvalue weighted by molar-refractivity contribution is 0.315. The van der Waals surface area contributed by atoms with E-state index in [-0.39, 0.29) is 0 Å². The van der Waals surface area contributed by atoms with Crippen molar-refractivity contribution < 1.29 is 5.11 Å². The number of nitrogens with zero attached hydrogens (tertiary/aromatic N) is 1. The Morgan fingerprint density at radius 2 is 1.85 bits per heavy atom. The summed E-state index contributed by atoms with van der Waals surface area (Å²) in [5, 5.41) is 9.48. The van der Waals surface area contributed by atoms with Gasteiger partial charge in [-0.1, -0.05) is 49.1 Å². The molecule has 0 fully saturated rings. The molecule has 0 bridgehead atoms. The second-order valence-corrected chi connectivity index (χ2v) is 4.64. The van der Waals surface area contributed by atoms with Crippen molar-refractivity contribution in [3.8, 4) is 17.6 Å². The summed E-state index contributed by atoms with van der Waals surface area (Å²) in [5.41, 5.74) is 2.15. The molecule has 2 aromatic rings. The maximum Gasteiger partial charge on any atom is 0.115 e. The average molecular weight is 265 g/mol. The van der Waals surface area contributed by atoms with Gasteiger partial charge in [0.2, 0.25) is 0 Å². The minimum absolute atomic E-state index is 0.314. The van der Waals surface area contributed by atoms with Gasteiger partial charge in [0.15, 0.2) is 0 Å². The Kier molecular flexibility index (Phi) is 5.23. The van der Waals surface area contributed by atoms with Crippen LogP contribution in [0.5, 0.6) is 5.75 Å². The van der Waals surface area contributed by atoms with Crippen LogP contribution in [0.3, 0.4) is 0 Å². The van der Waals surface area contributed by atoms with Gasteiger partial charge in [-0.2, -0.15) is 0 Å². The summed E-state index contributed by atoms with van der Waals surface area (Å²) in [4.78, 5) is 2.24. The van der Waals surface area contributed by atoms with Gasteiger partial charge in [0.05, 0.1) is 6.54 Å². The van der Waals surface area contributed by atoms with E-state index >= 15 is 0 Å². The molecular weight excluding hydrogens is 246 g/mol. The Morgan fingerprint density at radius 3 is 2.55 bits per heavy atom. The predicted octanol–water partition coefficient (Wildman–Crippen LogP) is 3.27. The van der Waals surface area contributed by atoms with Crippen LogP contribution in [0.4, 0.5) is 0 Å². The average Bonchev–Trinajstić information content (AvgIpc) is 2.47. The Bertz CT molecular complexity index is 596. The van der Waals surface area contributed by atoms with Crippen molar-refractivity contribution in [3.05, 3.63) is 65.7 Å². The third-order valence-electron chi connectivity index (χ3n) is 3.07. The maximum atomic E-state index is 9.48. The van der Waals surface area contributed by atoms with Gasteiger partial charge in [-0.05, 0) is 36.4 Å². The zero-order valence-corrected chi connectivity index (χ0v) is 11.7. The normalized spacial score (nSPS) is 10.1. The fourth-order valence-electron chi connectivity index (χ4n) is 1.97. The third-order valence-corrected chi connectivity index (χ3v) is 3.07. The van der Waals surface area contributed by atoms with Crippen LogP contribution in [-0.4, -0.2) is 23.1 Å². The molecule has 2 heteroatoms. The second-order valence-electron chi connectivity index (χ2n) is 4.64. The first-order valence-electron chi connectivity index (χ1n) is 6.82. The topological polar surface area (TPSA) is 23.5 Å². The van der Waals surface area contributed by atoms with Crippen LogP contribution in [-0.2, 0) is 6.54 Å². The van der Waals surface area contributed by atoms with Crippen molar-refractivity contribution in [3.63, 3.8) is 0 Å². The molecule has 0 unspecified atom stereocenters. The number of rotatable bonds is 4. The van der Waals surface area contributed by atoms with E-state index in [0.29, 0.717) is 5.75 Å². The van der Waals surface area contributed by atoms with Crippen LogP contribution < -0.4 is 0 Å². The van der Waals surface area contributed by atoms with Gasteiger partial charge in [0.1, 0.15) is 5.75 Å². The molecule has 2 aromatic carbocycles. The molecule has 0 amide bonds. The van der Waals surface area contributed by atoms with Crippen molar-refractivity contribution >= 4 is 0 Å². The Hall–Kier alpha value is -2.24. The number of hydrogen-bond donors (Lipinski definition) is 1. The van der Waals surface area contributed by atoms with Gasteiger partial charge < -0.3 is 5.11 Å². The van der Waals surface area contributed by atoms with Crippen molar-refractivity contribution in [2.24, 2.45) is 0 Å². The van der Waals surface area contributed by atoms with Crippen LogP contribution in [0.25, 0.3) is 0 Å². The zero-order valence-electron chi connectivity index (χ0n) is 11.7. The standard InChI is InChI=1S/C18H19NO/c1-2-19(15-17-10-6-12-18(20)14-17)13-7-11-16-8-4-3-5-9-16/h3-6,8-10,12,14,20H,2,13,15H2,1H3. The molecule has 2 rings (SSSR count). The molecular formula is C18H19NO. The van der Waals surface area contributed by atoms with Gasteiger partial charge in [-0.3, -0.25) is 4.90 Å².